The molecular weight excluding hydrogens is 326 g/mol. The van der Waals surface area contributed by atoms with E-state index in [2.05, 4.69) is 10.3 Å². The van der Waals surface area contributed by atoms with Crippen LogP contribution in [0.5, 0.6) is 0 Å². The molecule has 0 aliphatic carbocycles. The molecule has 0 radical (unpaired) electrons. The summed E-state index contributed by atoms with van der Waals surface area (Å²) in [5.41, 5.74) is 1.57. The molecule has 1 aliphatic heterocycles. The number of carbonyl (C=O) groups is 1. The second-order valence-corrected chi connectivity index (χ2v) is 7.65. The van der Waals surface area contributed by atoms with Gasteiger partial charge in [0.1, 0.15) is 11.4 Å². The molecule has 5 nitrogen and oxygen atoms in total. The van der Waals surface area contributed by atoms with Crippen molar-refractivity contribution in [1.82, 2.24) is 9.88 Å². The average molecular weight is 353 g/mol. The zero-order valence-electron chi connectivity index (χ0n) is 15.7. The number of para-hydroxylation sites is 1. The van der Waals surface area contributed by atoms with Gasteiger partial charge >= 0.3 is 6.09 Å². The number of ether oxygens (including phenoxy) is 1. The smallest absolute Gasteiger partial charge is 0.410 e. The lowest BCUT2D eigenvalue weighted by Gasteiger charge is -2.36. The standard InChI is InChI=1S/C21H27N3O2/c1-21(2,3)26-20(25)24-14-8-7-11-18(24)16-12-13-19(22-15-16)23-17-9-5-4-6-10-17/h4-6,9-10,12-13,15,18H,7-8,11,14H2,1-3H3,(H,22,23)/t18-/m0/s1. The Balaban J connectivity index is 1.72. The SMILES string of the molecule is CC(C)(C)OC(=O)N1CCCC[C@H]1c1ccc(Nc2ccccc2)nc1. The van der Waals surface area contributed by atoms with Crippen LogP contribution in [0, 0.1) is 0 Å². The van der Waals surface area contributed by atoms with Gasteiger partial charge in [0.05, 0.1) is 6.04 Å². The van der Waals surface area contributed by atoms with E-state index in [0.717, 1.165) is 42.9 Å². The Morgan fingerprint density at radius 3 is 2.58 bits per heavy atom. The largest absolute Gasteiger partial charge is 0.444 e. The molecule has 1 aromatic carbocycles. The zero-order chi connectivity index (χ0) is 18.6. The number of nitrogens with one attached hydrogen (secondary N) is 1. The van der Waals surface area contributed by atoms with Crippen molar-refractivity contribution in [3.8, 4) is 0 Å². The molecule has 1 fully saturated rings. The van der Waals surface area contributed by atoms with Crippen LogP contribution in [0.3, 0.4) is 0 Å². The van der Waals surface area contributed by atoms with E-state index < -0.39 is 5.60 Å². The molecule has 0 bridgehead atoms. The number of benzene rings is 1. The summed E-state index contributed by atoms with van der Waals surface area (Å²) in [7, 11) is 0. The summed E-state index contributed by atoms with van der Waals surface area (Å²) < 4.78 is 5.59. The Morgan fingerprint density at radius 2 is 1.92 bits per heavy atom. The first kappa shape index (κ1) is 18.2. The topological polar surface area (TPSA) is 54.5 Å². The van der Waals surface area contributed by atoms with E-state index >= 15 is 0 Å². The Bertz CT molecular complexity index is 723. The van der Waals surface area contributed by atoms with Gasteiger partial charge in [0.25, 0.3) is 0 Å². The van der Waals surface area contributed by atoms with Gasteiger partial charge in [-0.2, -0.15) is 0 Å². The van der Waals surface area contributed by atoms with E-state index in [-0.39, 0.29) is 12.1 Å². The van der Waals surface area contributed by atoms with Crippen LogP contribution in [0.25, 0.3) is 0 Å². The summed E-state index contributed by atoms with van der Waals surface area (Å²) in [6, 6.07) is 14.0. The van der Waals surface area contributed by atoms with Gasteiger partial charge in [0, 0.05) is 18.4 Å². The number of amides is 1. The van der Waals surface area contributed by atoms with E-state index in [0.29, 0.717) is 0 Å². The fourth-order valence-corrected chi connectivity index (χ4v) is 3.16. The summed E-state index contributed by atoms with van der Waals surface area (Å²) in [5, 5.41) is 3.28. The van der Waals surface area contributed by atoms with E-state index in [1.165, 1.54) is 0 Å². The molecule has 0 unspecified atom stereocenters. The van der Waals surface area contributed by atoms with E-state index in [9.17, 15) is 4.79 Å². The molecule has 1 atom stereocenters. The first-order chi connectivity index (χ1) is 12.4. The maximum Gasteiger partial charge on any atom is 0.410 e. The molecule has 26 heavy (non-hydrogen) atoms. The number of rotatable bonds is 3. The van der Waals surface area contributed by atoms with Crippen LogP contribution in [0.1, 0.15) is 51.6 Å². The van der Waals surface area contributed by atoms with Gasteiger partial charge in [-0.15, -0.1) is 0 Å². The highest BCUT2D eigenvalue weighted by Gasteiger charge is 2.31. The third-order valence-electron chi connectivity index (χ3n) is 4.35. The minimum absolute atomic E-state index is 0.0249. The highest BCUT2D eigenvalue weighted by molar-refractivity contribution is 5.69. The first-order valence-electron chi connectivity index (χ1n) is 9.20. The van der Waals surface area contributed by atoms with Crippen LogP contribution in [-0.4, -0.2) is 28.1 Å². The van der Waals surface area contributed by atoms with E-state index in [1.807, 2.05) is 74.3 Å². The van der Waals surface area contributed by atoms with Crippen molar-refractivity contribution in [3.63, 3.8) is 0 Å². The van der Waals surface area contributed by atoms with Gasteiger partial charge in [0.2, 0.25) is 0 Å². The first-order valence-corrected chi connectivity index (χ1v) is 9.20. The molecule has 1 N–H and O–H groups in total. The van der Waals surface area contributed by atoms with Crippen LogP contribution in [0.4, 0.5) is 16.3 Å². The molecule has 1 amide bonds. The lowest BCUT2D eigenvalue weighted by Crippen LogP contribution is -2.41. The molecule has 0 spiro atoms. The molecule has 1 aliphatic rings. The second-order valence-electron chi connectivity index (χ2n) is 7.65. The van der Waals surface area contributed by atoms with Crippen molar-refractivity contribution < 1.29 is 9.53 Å². The number of aromatic nitrogens is 1. The van der Waals surface area contributed by atoms with Crippen molar-refractivity contribution in [2.24, 2.45) is 0 Å². The lowest BCUT2D eigenvalue weighted by atomic mass is 9.97. The molecule has 5 heteroatoms. The number of nitrogens with zero attached hydrogens (tertiary/aromatic N) is 2. The third kappa shape index (κ3) is 4.75. The Morgan fingerprint density at radius 1 is 1.15 bits per heavy atom. The minimum Gasteiger partial charge on any atom is -0.444 e. The summed E-state index contributed by atoms with van der Waals surface area (Å²) in [4.78, 5) is 18.9. The van der Waals surface area contributed by atoms with Crippen molar-refractivity contribution in [1.29, 1.82) is 0 Å². The van der Waals surface area contributed by atoms with Crippen molar-refractivity contribution in [3.05, 3.63) is 54.2 Å². The van der Waals surface area contributed by atoms with E-state index in [1.54, 1.807) is 0 Å². The van der Waals surface area contributed by atoms with Gasteiger partial charge in [-0.3, -0.25) is 0 Å². The summed E-state index contributed by atoms with van der Waals surface area (Å²) in [6.45, 7) is 6.42. The summed E-state index contributed by atoms with van der Waals surface area (Å²) in [6.07, 6.45) is 4.67. The van der Waals surface area contributed by atoms with Crippen LogP contribution in [0.15, 0.2) is 48.7 Å². The quantitative estimate of drug-likeness (QED) is 0.815. The minimum atomic E-state index is -0.485. The van der Waals surface area contributed by atoms with Crippen LogP contribution >= 0.6 is 0 Å². The zero-order valence-corrected chi connectivity index (χ0v) is 15.7. The molecule has 2 heterocycles. The molecule has 138 valence electrons. The Kier molecular flexibility index (Phi) is 5.45. The normalized spacial score (nSPS) is 17.7. The molecule has 1 saturated heterocycles. The van der Waals surface area contributed by atoms with Gasteiger partial charge < -0.3 is 15.0 Å². The molecule has 3 rings (SSSR count). The number of anilines is 2. The van der Waals surface area contributed by atoms with Crippen molar-refractivity contribution >= 4 is 17.6 Å². The number of carbonyl (C=O) groups excluding carboxylic acids is 1. The number of pyridine rings is 1. The van der Waals surface area contributed by atoms with Gasteiger partial charge in [0.15, 0.2) is 0 Å². The summed E-state index contributed by atoms with van der Waals surface area (Å²) in [5.74, 6) is 0.791. The number of piperidine rings is 1. The van der Waals surface area contributed by atoms with Crippen molar-refractivity contribution in [2.75, 3.05) is 11.9 Å². The highest BCUT2D eigenvalue weighted by Crippen LogP contribution is 2.32. The fraction of sp³-hybridized carbons (Fsp3) is 0.429. The molecule has 2 aromatic rings. The average Bonchev–Trinajstić information content (AvgIpc) is 2.62. The fourth-order valence-electron chi connectivity index (χ4n) is 3.16. The van der Waals surface area contributed by atoms with Gasteiger partial charge in [-0.25, -0.2) is 9.78 Å². The molecule has 1 aromatic heterocycles. The maximum absolute atomic E-state index is 12.6. The van der Waals surface area contributed by atoms with Crippen LogP contribution in [0.2, 0.25) is 0 Å². The Hall–Kier alpha value is -2.56. The highest BCUT2D eigenvalue weighted by atomic mass is 16.6. The number of hydrogen-bond acceptors (Lipinski definition) is 4. The lowest BCUT2D eigenvalue weighted by molar-refractivity contribution is 0.00948. The molecular formula is C21H27N3O2. The predicted molar refractivity (Wildman–Crippen MR) is 103 cm³/mol. The molecule has 0 saturated carbocycles. The Labute approximate surface area is 155 Å². The maximum atomic E-state index is 12.6. The van der Waals surface area contributed by atoms with E-state index in [4.69, 9.17) is 4.74 Å². The number of likely N-dealkylation sites (tertiary alicyclic amines) is 1. The number of hydrogen-bond donors (Lipinski definition) is 1. The van der Waals surface area contributed by atoms with Crippen LogP contribution < -0.4 is 5.32 Å². The van der Waals surface area contributed by atoms with Crippen LogP contribution in [-0.2, 0) is 4.74 Å². The predicted octanol–water partition coefficient (Wildman–Crippen LogP) is 5.29. The monoisotopic (exact) mass is 353 g/mol. The second kappa shape index (κ2) is 7.77. The van der Waals surface area contributed by atoms with Gasteiger partial charge in [-0.1, -0.05) is 24.3 Å². The summed E-state index contributed by atoms with van der Waals surface area (Å²) >= 11 is 0. The van der Waals surface area contributed by atoms with Gasteiger partial charge in [-0.05, 0) is 63.8 Å². The van der Waals surface area contributed by atoms with Crippen molar-refractivity contribution in [2.45, 2.75) is 51.7 Å². The third-order valence-corrected chi connectivity index (χ3v) is 4.35.